The summed E-state index contributed by atoms with van der Waals surface area (Å²) < 4.78 is 0. The van der Waals surface area contributed by atoms with Crippen molar-refractivity contribution in [1.29, 1.82) is 10.8 Å². The maximum atomic E-state index is 12.9. The van der Waals surface area contributed by atoms with Gasteiger partial charge in [-0.1, -0.05) is 32.0 Å². The lowest BCUT2D eigenvalue weighted by Crippen LogP contribution is -2.53. The summed E-state index contributed by atoms with van der Waals surface area (Å²) in [7, 11) is 2.16. The van der Waals surface area contributed by atoms with Crippen LogP contribution in [-0.4, -0.2) is 69.2 Å². The van der Waals surface area contributed by atoms with Crippen LogP contribution in [0.15, 0.2) is 30.5 Å². The van der Waals surface area contributed by atoms with Gasteiger partial charge in [0.05, 0.1) is 0 Å². The van der Waals surface area contributed by atoms with Gasteiger partial charge < -0.3 is 15.2 Å². The Labute approximate surface area is 203 Å². The number of rotatable bonds is 6. The molecule has 0 spiro atoms. The smallest absolute Gasteiger partial charge is 0.276 e. The van der Waals surface area contributed by atoms with E-state index >= 15 is 0 Å². The quantitative estimate of drug-likeness (QED) is 0.366. The van der Waals surface area contributed by atoms with Crippen LogP contribution in [0.1, 0.15) is 47.9 Å². The molecule has 2 aliphatic rings. The van der Waals surface area contributed by atoms with Gasteiger partial charge in [-0.2, -0.15) is 0 Å². The van der Waals surface area contributed by atoms with Crippen molar-refractivity contribution in [3.63, 3.8) is 0 Å². The van der Waals surface area contributed by atoms with Crippen LogP contribution in [0.5, 0.6) is 0 Å². The predicted octanol–water partition coefficient (Wildman–Crippen LogP) is 4.55. The molecule has 2 aromatic rings. The van der Waals surface area contributed by atoms with Gasteiger partial charge in [0.25, 0.3) is 5.91 Å². The zero-order chi connectivity index (χ0) is 23.5. The Morgan fingerprint density at radius 3 is 2.61 bits per heavy atom. The number of piperazine rings is 1. The number of aromatic amines is 1. The van der Waals surface area contributed by atoms with Crippen LogP contribution in [0.2, 0.25) is 0 Å². The van der Waals surface area contributed by atoms with Crippen molar-refractivity contribution in [2.24, 2.45) is 5.92 Å². The third-order valence-corrected chi connectivity index (χ3v) is 7.95. The molecule has 7 nitrogen and oxygen atoms in total. The summed E-state index contributed by atoms with van der Waals surface area (Å²) in [6.07, 6.45) is 6.95. The second kappa shape index (κ2) is 10.3. The van der Waals surface area contributed by atoms with Gasteiger partial charge in [0.1, 0.15) is 0 Å². The molecule has 2 saturated heterocycles. The minimum Gasteiger partial charge on any atom is -0.361 e. The van der Waals surface area contributed by atoms with Gasteiger partial charge in [-0.05, 0) is 68.5 Å². The van der Waals surface area contributed by atoms with E-state index in [1.807, 2.05) is 23.2 Å². The maximum Gasteiger partial charge on any atom is 0.276 e. The van der Waals surface area contributed by atoms with E-state index in [4.69, 9.17) is 10.8 Å². The van der Waals surface area contributed by atoms with E-state index in [0.717, 1.165) is 49.6 Å². The Morgan fingerprint density at radius 2 is 1.91 bits per heavy atom. The fourth-order valence-corrected chi connectivity index (χ4v) is 5.69. The van der Waals surface area contributed by atoms with Gasteiger partial charge in [-0.25, -0.2) is 0 Å². The summed E-state index contributed by atoms with van der Waals surface area (Å²) in [4.78, 5) is 20.7. The molecule has 0 aliphatic carbocycles. The van der Waals surface area contributed by atoms with Gasteiger partial charge in [-0.3, -0.25) is 20.5 Å². The predicted molar refractivity (Wildman–Crippen MR) is 141 cm³/mol. The number of likely N-dealkylation sites (N-methyl/N-ethyl adjacent to an activating group) is 1. The lowest BCUT2D eigenvalue weighted by molar-refractivity contribution is -0.115. The number of amidine groups is 1. The molecular formula is C25H40N6OS. The fraction of sp³-hybridized carbons (Fsp3) is 0.560. The minimum atomic E-state index is -0.379. The minimum absolute atomic E-state index is 0. The highest BCUT2D eigenvalue weighted by Crippen LogP contribution is 2.29. The van der Waals surface area contributed by atoms with Crippen molar-refractivity contribution < 1.29 is 7.65 Å². The van der Waals surface area contributed by atoms with Crippen molar-refractivity contribution in [3.05, 3.63) is 36.0 Å². The summed E-state index contributed by atoms with van der Waals surface area (Å²) in [5, 5.41) is 21.3. The van der Waals surface area contributed by atoms with Crippen molar-refractivity contribution >= 4 is 38.8 Å². The fourth-order valence-electron chi connectivity index (χ4n) is 5.06. The van der Waals surface area contributed by atoms with Crippen molar-refractivity contribution in [1.82, 2.24) is 20.1 Å². The number of hydrogen-bond acceptors (Lipinski definition) is 5. The zero-order valence-corrected chi connectivity index (χ0v) is 20.7. The summed E-state index contributed by atoms with van der Waals surface area (Å²) in [6.45, 7) is 6.00. The molecule has 1 amide bonds. The number of benzene rings is 1. The van der Waals surface area contributed by atoms with Crippen LogP contribution in [0.4, 0.5) is 0 Å². The molecule has 1 aromatic carbocycles. The highest BCUT2D eigenvalue weighted by Gasteiger charge is 2.38. The SMILES string of the molecule is CC(C)CCC(Cc1c[nH]c2ccccc12)NC(=O)C(=N)SC(=N)N1CC2CCC(C1)N2C.[HH].[HH]. The number of fused-ring (bicyclic) bond motifs is 3. The first-order valence-corrected chi connectivity index (χ1v) is 12.8. The molecule has 0 saturated carbocycles. The largest absolute Gasteiger partial charge is 0.361 e. The molecule has 4 rings (SSSR count). The highest BCUT2D eigenvalue weighted by molar-refractivity contribution is 8.27. The van der Waals surface area contributed by atoms with Crippen molar-refractivity contribution in [2.75, 3.05) is 20.1 Å². The van der Waals surface area contributed by atoms with Crippen LogP contribution in [-0.2, 0) is 11.2 Å². The van der Waals surface area contributed by atoms with E-state index in [0.29, 0.717) is 23.2 Å². The maximum absolute atomic E-state index is 12.9. The first-order valence-electron chi connectivity index (χ1n) is 12.0. The number of likely N-dealkylation sites (tertiary alicyclic amines) is 1. The number of amides is 1. The molecule has 2 bridgehead atoms. The van der Waals surface area contributed by atoms with Gasteiger partial charge in [0.2, 0.25) is 0 Å². The standard InChI is InChI=1S/C25H36N6OS.2H2/c1-16(2)8-9-18(12-17-13-28-22-7-5-4-6-21(17)22)29-24(32)23(26)33-25(27)31-14-19-10-11-20(15-31)30(19)3;;/h4-7,13,16,18-20,26-28H,8-12,14-15H2,1-3H3,(H,29,32);2*1H. The molecule has 182 valence electrons. The summed E-state index contributed by atoms with van der Waals surface area (Å²) in [5.41, 5.74) is 2.28. The van der Waals surface area contributed by atoms with Crippen molar-refractivity contribution in [2.45, 2.75) is 64.1 Å². The van der Waals surface area contributed by atoms with E-state index in [1.165, 1.54) is 23.8 Å². The normalized spacial score (nSPS) is 21.5. The van der Waals surface area contributed by atoms with E-state index in [9.17, 15) is 4.79 Å². The van der Waals surface area contributed by atoms with Gasteiger partial charge in [0, 0.05) is 51.2 Å². The van der Waals surface area contributed by atoms with E-state index in [2.05, 4.69) is 48.2 Å². The number of nitrogens with one attached hydrogen (secondary N) is 4. The topological polar surface area (TPSA) is 99.1 Å². The van der Waals surface area contributed by atoms with Gasteiger partial charge >= 0.3 is 0 Å². The molecule has 33 heavy (non-hydrogen) atoms. The van der Waals surface area contributed by atoms with Crippen LogP contribution in [0, 0.1) is 16.7 Å². The Bertz CT molecular complexity index is 1010. The van der Waals surface area contributed by atoms with Crippen LogP contribution >= 0.6 is 11.8 Å². The van der Waals surface area contributed by atoms with Gasteiger partial charge in [-0.15, -0.1) is 0 Å². The second-order valence-electron chi connectivity index (χ2n) is 9.90. The van der Waals surface area contributed by atoms with E-state index < -0.39 is 0 Å². The molecule has 2 aliphatic heterocycles. The van der Waals surface area contributed by atoms with E-state index in [1.54, 1.807) is 0 Å². The molecule has 2 fully saturated rings. The molecule has 3 heterocycles. The number of nitrogens with zero attached hydrogens (tertiary/aromatic N) is 2. The van der Waals surface area contributed by atoms with Crippen LogP contribution < -0.4 is 5.32 Å². The lowest BCUT2D eigenvalue weighted by atomic mass is 9.97. The van der Waals surface area contributed by atoms with Crippen LogP contribution in [0.25, 0.3) is 10.9 Å². The van der Waals surface area contributed by atoms with Crippen molar-refractivity contribution in [3.8, 4) is 0 Å². The number of carbonyl (C=O) groups is 1. The Balaban J connectivity index is 0.00000216. The molecule has 8 heteroatoms. The summed E-state index contributed by atoms with van der Waals surface area (Å²) >= 11 is 0.980. The van der Waals surface area contributed by atoms with E-state index in [-0.39, 0.29) is 19.8 Å². The van der Waals surface area contributed by atoms with Gasteiger partial charge in [0.15, 0.2) is 10.2 Å². The molecule has 1 aromatic heterocycles. The number of thioether (sulfide) groups is 1. The number of carbonyl (C=O) groups excluding carboxylic acids is 1. The number of hydrogen-bond donors (Lipinski definition) is 4. The molecule has 0 radical (unpaired) electrons. The zero-order valence-electron chi connectivity index (χ0n) is 19.9. The molecule has 4 N–H and O–H groups in total. The average Bonchev–Trinajstić information content (AvgIpc) is 3.26. The van der Waals surface area contributed by atoms with Crippen LogP contribution in [0.3, 0.4) is 0 Å². The Morgan fingerprint density at radius 1 is 1.21 bits per heavy atom. The Kier molecular flexibility index (Phi) is 7.44. The first kappa shape index (κ1) is 23.8. The molecular weight excluding hydrogens is 432 g/mol. The first-order chi connectivity index (χ1) is 15.8. The third kappa shape index (κ3) is 5.61. The molecule has 3 atom stereocenters. The third-order valence-electron chi connectivity index (χ3n) is 7.11. The Hall–Kier alpha value is -2.32. The number of H-pyrrole nitrogens is 1. The highest BCUT2D eigenvalue weighted by atomic mass is 32.2. The second-order valence-corrected chi connectivity index (χ2v) is 10.9. The summed E-state index contributed by atoms with van der Waals surface area (Å²) in [5.74, 6) is 0.164. The lowest BCUT2D eigenvalue weighted by Gasteiger charge is -2.39. The monoisotopic (exact) mass is 472 g/mol. The average molecular weight is 473 g/mol. The number of para-hydroxylation sites is 1. The molecule has 3 unspecified atom stereocenters. The number of aromatic nitrogens is 1. The summed E-state index contributed by atoms with van der Waals surface area (Å²) in [6, 6.07) is 9.11.